The van der Waals surface area contributed by atoms with Crippen LogP contribution in [0.15, 0.2) is 18.3 Å². The summed E-state index contributed by atoms with van der Waals surface area (Å²) in [5, 5.41) is 6.27. The number of nitrogens with zero attached hydrogens (tertiary/aromatic N) is 2. The third-order valence-electron chi connectivity index (χ3n) is 4.27. The lowest BCUT2D eigenvalue weighted by Gasteiger charge is -2.27. The molecule has 120 valence electrons. The van der Waals surface area contributed by atoms with Crippen LogP contribution >= 0.6 is 0 Å². The minimum Gasteiger partial charge on any atom is -0.378 e. The van der Waals surface area contributed by atoms with E-state index in [9.17, 15) is 4.79 Å². The molecule has 0 saturated carbocycles. The molecule has 3 heterocycles. The smallest absolute Gasteiger partial charge is 0.220 e. The number of pyridine rings is 1. The number of carbonyl (C=O) groups excluding carboxylic acids is 1. The molecule has 2 saturated heterocycles. The summed E-state index contributed by atoms with van der Waals surface area (Å²) in [5.74, 6) is 1.60. The summed E-state index contributed by atoms with van der Waals surface area (Å²) in [6.07, 6.45) is 3.57. The quantitative estimate of drug-likeness (QED) is 0.831. The summed E-state index contributed by atoms with van der Waals surface area (Å²) in [4.78, 5) is 18.6. The number of aromatic nitrogens is 1. The monoisotopic (exact) mass is 304 g/mol. The van der Waals surface area contributed by atoms with Gasteiger partial charge in [-0.15, -0.1) is 0 Å². The van der Waals surface area contributed by atoms with Crippen molar-refractivity contribution in [2.75, 3.05) is 44.3 Å². The lowest BCUT2D eigenvalue weighted by molar-refractivity contribution is -0.122. The van der Waals surface area contributed by atoms with Crippen LogP contribution in [0.2, 0.25) is 0 Å². The van der Waals surface area contributed by atoms with Crippen LogP contribution in [0.4, 0.5) is 5.82 Å². The van der Waals surface area contributed by atoms with Gasteiger partial charge in [0.05, 0.1) is 13.2 Å². The van der Waals surface area contributed by atoms with Gasteiger partial charge in [-0.1, -0.05) is 6.07 Å². The minimum absolute atomic E-state index is 0.131. The maximum absolute atomic E-state index is 11.9. The van der Waals surface area contributed by atoms with Crippen molar-refractivity contribution in [3.05, 3.63) is 23.9 Å². The molecule has 0 aromatic carbocycles. The summed E-state index contributed by atoms with van der Waals surface area (Å²) in [6.45, 7) is 5.84. The highest BCUT2D eigenvalue weighted by atomic mass is 16.5. The molecular formula is C16H24N4O2. The van der Waals surface area contributed by atoms with Crippen LogP contribution in [0, 0.1) is 5.92 Å². The van der Waals surface area contributed by atoms with E-state index >= 15 is 0 Å². The Hall–Kier alpha value is -1.66. The second-order valence-electron chi connectivity index (χ2n) is 5.96. The predicted octanol–water partition coefficient (Wildman–Crippen LogP) is 0.534. The van der Waals surface area contributed by atoms with Gasteiger partial charge in [-0.05, 0) is 37.1 Å². The van der Waals surface area contributed by atoms with Crippen LogP contribution in [-0.2, 0) is 16.1 Å². The van der Waals surface area contributed by atoms with E-state index in [1.807, 2.05) is 18.3 Å². The zero-order valence-electron chi connectivity index (χ0n) is 12.9. The second kappa shape index (κ2) is 7.56. The van der Waals surface area contributed by atoms with E-state index in [-0.39, 0.29) is 5.91 Å². The van der Waals surface area contributed by atoms with Crippen LogP contribution < -0.4 is 15.5 Å². The molecule has 0 aliphatic carbocycles. The number of carbonyl (C=O) groups is 1. The Morgan fingerprint density at radius 2 is 2.27 bits per heavy atom. The van der Waals surface area contributed by atoms with Gasteiger partial charge in [0.2, 0.25) is 5.91 Å². The molecule has 22 heavy (non-hydrogen) atoms. The molecule has 2 fully saturated rings. The van der Waals surface area contributed by atoms with Crippen molar-refractivity contribution in [2.24, 2.45) is 5.92 Å². The number of morpholine rings is 1. The van der Waals surface area contributed by atoms with Crippen LogP contribution in [0.1, 0.15) is 18.4 Å². The standard InChI is InChI=1S/C16H24N4O2/c21-16(9-13-3-4-17-10-13)19-12-14-1-2-15(18-11-14)20-5-7-22-8-6-20/h1-2,11,13,17H,3-10,12H2,(H,19,21). The minimum atomic E-state index is 0.131. The van der Waals surface area contributed by atoms with Crippen molar-refractivity contribution in [2.45, 2.75) is 19.4 Å². The Kier molecular flexibility index (Phi) is 5.24. The lowest BCUT2D eigenvalue weighted by Crippen LogP contribution is -2.36. The van der Waals surface area contributed by atoms with Gasteiger partial charge in [-0.2, -0.15) is 0 Å². The first kappa shape index (κ1) is 15.2. The Morgan fingerprint density at radius 3 is 2.95 bits per heavy atom. The molecular weight excluding hydrogens is 280 g/mol. The van der Waals surface area contributed by atoms with Crippen molar-refractivity contribution in [1.29, 1.82) is 0 Å². The first-order chi connectivity index (χ1) is 10.8. The van der Waals surface area contributed by atoms with Crippen molar-refractivity contribution >= 4 is 11.7 Å². The lowest BCUT2D eigenvalue weighted by atomic mass is 10.0. The summed E-state index contributed by atoms with van der Waals surface area (Å²) < 4.78 is 5.34. The van der Waals surface area contributed by atoms with Crippen molar-refractivity contribution in [1.82, 2.24) is 15.6 Å². The third kappa shape index (κ3) is 4.18. The summed E-state index contributed by atoms with van der Waals surface area (Å²) in [5.41, 5.74) is 1.04. The fourth-order valence-electron chi connectivity index (χ4n) is 2.92. The molecule has 2 aliphatic heterocycles. The molecule has 6 heteroatoms. The Bertz CT molecular complexity index is 479. The largest absolute Gasteiger partial charge is 0.378 e. The Morgan fingerprint density at radius 1 is 1.41 bits per heavy atom. The highest BCUT2D eigenvalue weighted by Crippen LogP contribution is 2.14. The number of ether oxygens (including phenoxy) is 1. The number of nitrogens with one attached hydrogen (secondary N) is 2. The zero-order chi connectivity index (χ0) is 15.2. The molecule has 1 atom stereocenters. The van der Waals surface area contributed by atoms with Crippen molar-refractivity contribution in [3.8, 4) is 0 Å². The molecule has 1 amide bonds. The zero-order valence-corrected chi connectivity index (χ0v) is 12.9. The fraction of sp³-hybridized carbons (Fsp3) is 0.625. The van der Waals surface area contributed by atoms with Gasteiger partial charge in [0.25, 0.3) is 0 Å². The van der Waals surface area contributed by atoms with Crippen LogP contribution in [0.3, 0.4) is 0 Å². The van der Waals surface area contributed by atoms with E-state index in [0.29, 0.717) is 18.9 Å². The summed E-state index contributed by atoms with van der Waals surface area (Å²) >= 11 is 0. The molecule has 1 unspecified atom stereocenters. The molecule has 2 aliphatic rings. The Labute approximate surface area is 131 Å². The molecule has 0 radical (unpaired) electrons. The predicted molar refractivity (Wildman–Crippen MR) is 84.7 cm³/mol. The van der Waals surface area contributed by atoms with Gasteiger partial charge in [0, 0.05) is 32.3 Å². The SMILES string of the molecule is O=C(CC1CCNC1)NCc1ccc(N2CCOCC2)nc1. The number of hydrogen-bond acceptors (Lipinski definition) is 5. The van der Waals surface area contributed by atoms with E-state index in [4.69, 9.17) is 4.74 Å². The normalized spacial score (nSPS) is 21.8. The summed E-state index contributed by atoms with van der Waals surface area (Å²) in [6, 6.07) is 4.06. The second-order valence-corrected chi connectivity index (χ2v) is 5.96. The van der Waals surface area contributed by atoms with Gasteiger partial charge in [0.1, 0.15) is 5.82 Å². The highest BCUT2D eigenvalue weighted by Gasteiger charge is 2.17. The first-order valence-corrected chi connectivity index (χ1v) is 8.06. The number of hydrogen-bond donors (Lipinski definition) is 2. The van der Waals surface area contributed by atoms with Crippen molar-refractivity contribution < 1.29 is 9.53 Å². The van der Waals surface area contributed by atoms with E-state index in [2.05, 4.69) is 20.5 Å². The van der Waals surface area contributed by atoms with Gasteiger partial charge >= 0.3 is 0 Å². The first-order valence-electron chi connectivity index (χ1n) is 8.06. The average molecular weight is 304 g/mol. The third-order valence-corrected chi connectivity index (χ3v) is 4.27. The van der Waals surface area contributed by atoms with E-state index in [1.165, 1.54) is 0 Å². The Balaban J connectivity index is 1.45. The maximum atomic E-state index is 11.9. The molecule has 6 nitrogen and oxygen atoms in total. The number of rotatable bonds is 5. The van der Waals surface area contributed by atoms with E-state index < -0.39 is 0 Å². The topological polar surface area (TPSA) is 66.5 Å². The van der Waals surface area contributed by atoms with Gasteiger partial charge in [0.15, 0.2) is 0 Å². The van der Waals surface area contributed by atoms with E-state index in [1.54, 1.807) is 0 Å². The number of anilines is 1. The van der Waals surface area contributed by atoms with Gasteiger partial charge in [-0.25, -0.2) is 4.98 Å². The average Bonchev–Trinajstić information content (AvgIpc) is 3.07. The molecule has 2 N–H and O–H groups in total. The summed E-state index contributed by atoms with van der Waals surface area (Å²) in [7, 11) is 0. The molecule has 0 spiro atoms. The highest BCUT2D eigenvalue weighted by molar-refractivity contribution is 5.76. The van der Waals surface area contributed by atoms with E-state index in [0.717, 1.165) is 57.2 Å². The maximum Gasteiger partial charge on any atom is 0.220 e. The number of amides is 1. The molecule has 0 bridgehead atoms. The fourth-order valence-corrected chi connectivity index (χ4v) is 2.92. The molecule has 1 aromatic heterocycles. The van der Waals surface area contributed by atoms with Crippen LogP contribution in [0.5, 0.6) is 0 Å². The van der Waals surface area contributed by atoms with Gasteiger partial charge in [-0.3, -0.25) is 4.79 Å². The van der Waals surface area contributed by atoms with Crippen LogP contribution in [-0.4, -0.2) is 50.3 Å². The van der Waals surface area contributed by atoms with Crippen molar-refractivity contribution in [3.63, 3.8) is 0 Å². The van der Waals surface area contributed by atoms with Gasteiger partial charge < -0.3 is 20.3 Å². The molecule has 3 rings (SSSR count). The van der Waals surface area contributed by atoms with Crippen LogP contribution in [0.25, 0.3) is 0 Å². The molecule has 1 aromatic rings.